The van der Waals surface area contributed by atoms with Gasteiger partial charge in [-0.3, -0.25) is 0 Å². The van der Waals surface area contributed by atoms with E-state index in [1.165, 1.54) is 27.8 Å². The summed E-state index contributed by atoms with van der Waals surface area (Å²) in [6.45, 7) is 1.74. The molecule has 0 aromatic heterocycles. The Morgan fingerprint density at radius 1 is 0.955 bits per heavy atom. The van der Waals surface area contributed by atoms with Crippen molar-refractivity contribution in [1.29, 1.82) is 0 Å². The molecule has 0 radical (unpaired) electrons. The number of rotatable bonds is 2. The Morgan fingerprint density at radius 2 is 1.77 bits per heavy atom. The molecule has 108 valence electrons. The Labute approximate surface area is 131 Å². The second-order valence-corrected chi connectivity index (χ2v) is 5.73. The van der Waals surface area contributed by atoms with Gasteiger partial charge in [-0.15, -0.1) is 0 Å². The molecule has 2 aromatic carbocycles. The van der Waals surface area contributed by atoms with Crippen LogP contribution in [0, 0.1) is 0 Å². The van der Waals surface area contributed by atoms with Crippen molar-refractivity contribution >= 4 is 24.1 Å². The molecule has 0 saturated heterocycles. The minimum atomic E-state index is 0.209. The maximum Gasteiger partial charge on any atom is 0.321 e. The molecule has 2 nitrogen and oxygen atoms in total. The third kappa shape index (κ3) is 2.49. The van der Waals surface area contributed by atoms with Gasteiger partial charge in [0.1, 0.15) is 0 Å². The first-order chi connectivity index (χ1) is 10.9. The average Bonchev–Trinajstić information content (AvgIpc) is 2.62. The van der Waals surface area contributed by atoms with Gasteiger partial charge in [0.2, 0.25) is 0 Å². The summed E-state index contributed by atoms with van der Waals surface area (Å²) in [7, 11) is 0. The molecular formula is C19H18BNO. The zero-order valence-corrected chi connectivity index (χ0v) is 12.5. The summed E-state index contributed by atoms with van der Waals surface area (Å²) in [5.74, 6) is 0. The number of ether oxygens (including phenoxy) is 1. The van der Waals surface area contributed by atoms with E-state index in [9.17, 15) is 0 Å². The van der Waals surface area contributed by atoms with Crippen LogP contribution in [0.1, 0.15) is 12.0 Å². The van der Waals surface area contributed by atoms with Crippen LogP contribution < -0.4 is 10.7 Å². The Hall–Kier alpha value is -2.26. The summed E-state index contributed by atoms with van der Waals surface area (Å²) in [6.07, 6.45) is 5.54. The second-order valence-electron chi connectivity index (χ2n) is 5.73. The monoisotopic (exact) mass is 287 g/mol. The molecule has 4 rings (SSSR count). The highest BCUT2D eigenvalue weighted by atomic mass is 16.5. The number of benzene rings is 2. The van der Waals surface area contributed by atoms with Gasteiger partial charge in [-0.05, 0) is 23.5 Å². The SMILES string of the molecule is C1=C(C2=Cc3ccccc3NB2c2ccccc2)CCOC1. The van der Waals surface area contributed by atoms with Crippen LogP contribution in [0.2, 0.25) is 0 Å². The Balaban J connectivity index is 1.81. The van der Waals surface area contributed by atoms with E-state index >= 15 is 0 Å². The highest BCUT2D eigenvalue weighted by molar-refractivity contribution is 6.84. The lowest BCUT2D eigenvalue weighted by atomic mass is 9.46. The fourth-order valence-corrected chi connectivity index (χ4v) is 3.21. The molecule has 0 aliphatic carbocycles. The van der Waals surface area contributed by atoms with E-state index in [0.717, 1.165) is 19.6 Å². The summed E-state index contributed by atoms with van der Waals surface area (Å²) in [4.78, 5) is 0. The average molecular weight is 287 g/mol. The van der Waals surface area contributed by atoms with Crippen LogP contribution >= 0.6 is 0 Å². The third-order valence-corrected chi connectivity index (χ3v) is 4.35. The van der Waals surface area contributed by atoms with Gasteiger partial charge in [0.15, 0.2) is 0 Å². The van der Waals surface area contributed by atoms with Crippen molar-refractivity contribution in [1.82, 2.24) is 0 Å². The standard InChI is InChI=1S/C19H18BNO/c1-2-7-17(8-3-1)20-18(15-10-12-22-13-11-15)14-16-6-4-5-9-19(16)21-20/h1-10,14,21H,11-13H2. The van der Waals surface area contributed by atoms with Crippen molar-refractivity contribution in [3.8, 4) is 0 Å². The quantitative estimate of drug-likeness (QED) is 0.856. The summed E-state index contributed by atoms with van der Waals surface area (Å²) in [5.41, 5.74) is 6.54. The number of para-hydroxylation sites is 1. The number of anilines is 1. The molecule has 0 fully saturated rings. The Morgan fingerprint density at radius 3 is 2.59 bits per heavy atom. The Bertz CT molecular complexity index is 736. The zero-order chi connectivity index (χ0) is 14.8. The highest BCUT2D eigenvalue weighted by Crippen LogP contribution is 2.30. The van der Waals surface area contributed by atoms with Crippen LogP contribution in [0.15, 0.2) is 71.7 Å². The van der Waals surface area contributed by atoms with Crippen molar-refractivity contribution in [2.24, 2.45) is 0 Å². The van der Waals surface area contributed by atoms with Crippen LogP contribution in [0.25, 0.3) is 6.08 Å². The van der Waals surface area contributed by atoms with Gasteiger partial charge in [-0.25, -0.2) is 0 Å². The smallest absolute Gasteiger partial charge is 0.321 e. The van der Waals surface area contributed by atoms with Crippen molar-refractivity contribution in [2.75, 3.05) is 18.4 Å². The molecule has 2 aliphatic heterocycles. The van der Waals surface area contributed by atoms with Gasteiger partial charge in [0, 0.05) is 5.69 Å². The van der Waals surface area contributed by atoms with E-state index in [1.54, 1.807) is 0 Å². The van der Waals surface area contributed by atoms with Gasteiger partial charge < -0.3 is 9.96 Å². The Kier molecular flexibility index (Phi) is 3.57. The van der Waals surface area contributed by atoms with Crippen LogP contribution in [0.3, 0.4) is 0 Å². The van der Waals surface area contributed by atoms with Crippen molar-refractivity contribution in [3.05, 3.63) is 77.3 Å². The normalized spacial score (nSPS) is 17.2. The first-order valence-corrected chi connectivity index (χ1v) is 7.81. The molecule has 2 aliphatic rings. The molecule has 22 heavy (non-hydrogen) atoms. The maximum atomic E-state index is 5.48. The predicted octanol–water partition coefficient (Wildman–Crippen LogP) is 3.28. The summed E-state index contributed by atoms with van der Waals surface area (Å²) >= 11 is 0. The molecule has 0 spiro atoms. The lowest BCUT2D eigenvalue weighted by Gasteiger charge is -2.28. The van der Waals surface area contributed by atoms with E-state index in [-0.39, 0.29) is 6.85 Å². The topological polar surface area (TPSA) is 21.3 Å². The number of hydrogen-bond acceptors (Lipinski definition) is 2. The van der Waals surface area contributed by atoms with Crippen LogP contribution in [0.5, 0.6) is 0 Å². The first-order valence-electron chi connectivity index (χ1n) is 7.81. The van der Waals surface area contributed by atoms with Crippen LogP contribution in [0.4, 0.5) is 5.69 Å². The van der Waals surface area contributed by atoms with Crippen molar-refractivity contribution < 1.29 is 4.74 Å². The molecular weight excluding hydrogens is 269 g/mol. The number of hydrogen-bond donors (Lipinski definition) is 1. The fourth-order valence-electron chi connectivity index (χ4n) is 3.21. The van der Waals surface area contributed by atoms with Crippen LogP contribution in [-0.2, 0) is 4.74 Å². The molecule has 0 amide bonds. The summed E-state index contributed by atoms with van der Waals surface area (Å²) in [6, 6.07) is 19.2. The van der Waals surface area contributed by atoms with Crippen LogP contribution in [-0.4, -0.2) is 20.1 Å². The third-order valence-electron chi connectivity index (χ3n) is 4.35. The largest absolute Gasteiger partial charge is 0.420 e. The van der Waals surface area contributed by atoms with E-state index in [2.05, 4.69) is 72.0 Å². The van der Waals surface area contributed by atoms with E-state index in [4.69, 9.17) is 4.74 Å². The van der Waals surface area contributed by atoms with E-state index in [0.29, 0.717) is 0 Å². The second kappa shape index (κ2) is 5.86. The zero-order valence-electron chi connectivity index (χ0n) is 12.5. The van der Waals surface area contributed by atoms with Crippen molar-refractivity contribution in [3.63, 3.8) is 0 Å². The fraction of sp³-hybridized carbons (Fsp3) is 0.158. The summed E-state index contributed by atoms with van der Waals surface area (Å²) in [5, 5.41) is 3.71. The predicted molar refractivity (Wildman–Crippen MR) is 93.4 cm³/mol. The number of allylic oxidation sites excluding steroid dienone is 1. The van der Waals surface area contributed by atoms with Crippen molar-refractivity contribution in [2.45, 2.75) is 6.42 Å². The lowest BCUT2D eigenvalue weighted by molar-refractivity contribution is 0.155. The van der Waals surface area contributed by atoms with E-state index in [1.807, 2.05) is 0 Å². The molecule has 2 heterocycles. The first kappa shape index (κ1) is 13.4. The van der Waals surface area contributed by atoms with Gasteiger partial charge in [0.25, 0.3) is 0 Å². The molecule has 0 atom stereocenters. The molecule has 0 saturated carbocycles. The number of fused-ring (bicyclic) bond motifs is 1. The summed E-state index contributed by atoms with van der Waals surface area (Å²) < 4.78 is 5.48. The molecule has 3 heteroatoms. The van der Waals surface area contributed by atoms with Gasteiger partial charge in [0.05, 0.1) is 13.2 Å². The van der Waals surface area contributed by atoms with Gasteiger partial charge in [-0.1, -0.05) is 71.7 Å². The lowest BCUT2D eigenvalue weighted by Crippen LogP contribution is -2.43. The highest BCUT2D eigenvalue weighted by Gasteiger charge is 2.29. The molecule has 1 N–H and O–H groups in total. The molecule has 0 unspecified atom stereocenters. The van der Waals surface area contributed by atoms with Gasteiger partial charge in [-0.2, -0.15) is 0 Å². The van der Waals surface area contributed by atoms with Gasteiger partial charge >= 0.3 is 6.85 Å². The molecule has 0 bridgehead atoms. The maximum absolute atomic E-state index is 5.48. The molecule has 2 aromatic rings. The minimum Gasteiger partial charge on any atom is -0.420 e. The minimum absolute atomic E-state index is 0.209. The van der Waals surface area contributed by atoms with E-state index < -0.39 is 0 Å². The number of nitrogens with one attached hydrogen (secondary N) is 1.